The molecule has 0 heterocycles. The van der Waals surface area contributed by atoms with Gasteiger partial charge in [0.2, 0.25) is 0 Å². The van der Waals surface area contributed by atoms with Gasteiger partial charge in [0.1, 0.15) is 6.26 Å². The Balaban J connectivity index is 2.99. The van der Waals surface area contributed by atoms with E-state index in [9.17, 15) is 5.11 Å². The molecule has 1 nitrogen and oxygen atoms in total. The molecule has 0 spiro atoms. The van der Waals surface area contributed by atoms with Crippen LogP contribution in [-0.2, 0) is 5.11 Å². The van der Waals surface area contributed by atoms with E-state index < -0.39 is 0 Å². The summed E-state index contributed by atoms with van der Waals surface area (Å²) in [5.74, 6) is 0. The van der Waals surface area contributed by atoms with Crippen molar-refractivity contribution in [2.24, 2.45) is 0 Å². The summed E-state index contributed by atoms with van der Waals surface area (Å²) in [5.41, 5.74) is 0. The zero-order chi connectivity index (χ0) is 6.95. The minimum Gasteiger partial charge on any atom is -0.299 e. The lowest BCUT2D eigenvalue weighted by Gasteiger charge is -1.82. The number of hydrogen-bond acceptors (Lipinski definition) is 0. The van der Waals surface area contributed by atoms with Gasteiger partial charge in [-0.3, -0.25) is 5.11 Å². The summed E-state index contributed by atoms with van der Waals surface area (Å²) in [4.78, 5) is 0. The van der Waals surface area contributed by atoms with Crippen LogP contribution < -0.4 is 0 Å². The second-order valence-electron chi connectivity index (χ2n) is 1.83. The Morgan fingerprint density at radius 2 is 1.78 bits per heavy atom. The maximum Gasteiger partial charge on any atom is 0.138 e. The summed E-state index contributed by atoms with van der Waals surface area (Å²) < 4.78 is 0. The van der Waals surface area contributed by atoms with Gasteiger partial charge in [0.05, 0.1) is 0 Å². The predicted octanol–water partition coefficient (Wildman–Crippen LogP) is 2.68. The molecule has 0 aromatic rings. The van der Waals surface area contributed by atoms with Gasteiger partial charge in [-0.25, -0.2) is 0 Å². The van der Waals surface area contributed by atoms with Crippen molar-refractivity contribution in [1.29, 1.82) is 0 Å². The van der Waals surface area contributed by atoms with Crippen LogP contribution in [0.4, 0.5) is 0 Å². The molecule has 0 unspecified atom stereocenters. The highest BCUT2D eigenvalue weighted by atomic mass is 16.2. The van der Waals surface area contributed by atoms with Crippen LogP contribution >= 0.6 is 0 Å². The van der Waals surface area contributed by atoms with Crippen LogP contribution in [0.25, 0.3) is 0 Å². The standard InChI is InChI=1S/C8H13O/c1-2-3-4-5-6-7-8-9/h3-4,7-8H,2,5-6H2,1H3/b4-3+,8-7+. The molecule has 0 N–H and O–H groups in total. The minimum atomic E-state index is 0.847. The first-order valence-electron chi connectivity index (χ1n) is 3.33. The molecule has 0 aliphatic heterocycles. The fraction of sp³-hybridized carbons (Fsp3) is 0.500. The van der Waals surface area contributed by atoms with E-state index in [0.29, 0.717) is 0 Å². The Hall–Kier alpha value is -0.720. The molecule has 0 aromatic carbocycles. The molecular weight excluding hydrogens is 112 g/mol. The van der Waals surface area contributed by atoms with Crippen LogP contribution in [0.1, 0.15) is 26.2 Å². The first-order chi connectivity index (χ1) is 4.41. The molecule has 0 aromatic heterocycles. The summed E-state index contributed by atoms with van der Waals surface area (Å²) in [7, 11) is 0. The smallest absolute Gasteiger partial charge is 0.138 e. The Kier molecular flexibility index (Phi) is 6.70. The van der Waals surface area contributed by atoms with Crippen molar-refractivity contribution < 1.29 is 5.11 Å². The quantitative estimate of drug-likeness (QED) is 0.313. The van der Waals surface area contributed by atoms with Gasteiger partial charge in [0.15, 0.2) is 0 Å². The number of allylic oxidation sites excluding steroid dienone is 3. The van der Waals surface area contributed by atoms with Crippen LogP contribution in [0.2, 0.25) is 0 Å². The first-order valence-corrected chi connectivity index (χ1v) is 3.33. The number of unbranched alkanes of at least 4 members (excludes halogenated alkanes) is 1. The molecule has 0 bridgehead atoms. The summed E-state index contributed by atoms with van der Waals surface area (Å²) in [6.45, 7) is 2.10. The zero-order valence-electron chi connectivity index (χ0n) is 5.84. The summed E-state index contributed by atoms with van der Waals surface area (Å²) in [6, 6.07) is 0. The average Bonchev–Trinajstić information content (AvgIpc) is 1.89. The van der Waals surface area contributed by atoms with Gasteiger partial charge in [0.25, 0.3) is 0 Å². The van der Waals surface area contributed by atoms with E-state index in [1.165, 1.54) is 0 Å². The van der Waals surface area contributed by atoms with Crippen molar-refractivity contribution >= 4 is 0 Å². The van der Waals surface area contributed by atoms with Gasteiger partial charge in [-0.05, 0) is 25.3 Å². The summed E-state index contributed by atoms with van der Waals surface area (Å²) >= 11 is 0. The molecule has 9 heavy (non-hydrogen) atoms. The van der Waals surface area contributed by atoms with Crippen LogP contribution in [0.15, 0.2) is 24.5 Å². The lowest BCUT2D eigenvalue weighted by Crippen LogP contribution is -1.63. The average molecular weight is 125 g/mol. The normalized spacial score (nSPS) is 11.7. The Morgan fingerprint density at radius 1 is 1.11 bits per heavy atom. The highest BCUT2D eigenvalue weighted by Gasteiger charge is 1.73. The Labute approximate surface area is 56.7 Å². The van der Waals surface area contributed by atoms with Gasteiger partial charge >= 0.3 is 0 Å². The van der Waals surface area contributed by atoms with Crippen LogP contribution in [0.5, 0.6) is 0 Å². The molecule has 0 fully saturated rings. The van der Waals surface area contributed by atoms with E-state index in [1.54, 1.807) is 6.08 Å². The third-order valence-electron chi connectivity index (χ3n) is 0.999. The molecule has 1 heteroatoms. The Morgan fingerprint density at radius 3 is 2.33 bits per heavy atom. The van der Waals surface area contributed by atoms with Crippen molar-refractivity contribution in [3.8, 4) is 0 Å². The summed E-state index contributed by atoms with van der Waals surface area (Å²) in [5, 5.41) is 9.76. The van der Waals surface area contributed by atoms with Crippen LogP contribution in [0.3, 0.4) is 0 Å². The van der Waals surface area contributed by atoms with Gasteiger partial charge in [-0.2, -0.15) is 0 Å². The fourth-order valence-electron chi connectivity index (χ4n) is 0.545. The molecule has 0 atom stereocenters. The molecule has 1 radical (unpaired) electrons. The second kappa shape index (κ2) is 7.28. The molecule has 0 rings (SSSR count). The minimum absolute atomic E-state index is 0.847. The second-order valence-corrected chi connectivity index (χ2v) is 1.83. The molecule has 0 aliphatic carbocycles. The van der Waals surface area contributed by atoms with Crippen molar-refractivity contribution in [3.63, 3.8) is 0 Å². The maximum absolute atomic E-state index is 9.76. The third-order valence-corrected chi connectivity index (χ3v) is 0.999. The highest BCUT2D eigenvalue weighted by Crippen LogP contribution is 1.92. The molecule has 0 saturated heterocycles. The molecule has 0 aliphatic rings. The fourth-order valence-corrected chi connectivity index (χ4v) is 0.545. The molecule has 51 valence electrons. The van der Waals surface area contributed by atoms with E-state index in [0.717, 1.165) is 25.5 Å². The third kappa shape index (κ3) is 7.28. The lowest BCUT2D eigenvalue weighted by molar-refractivity contribution is 0.350. The highest BCUT2D eigenvalue weighted by molar-refractivity contribution is 4.83. The lowest BCUT2D eigenvalue weighted by atomic mass is 10.3. The van der Waals surface area contributed by atoms with Gasteiger partial charge in [-0.1, -0.05) is 19.1 Å². The molecule has 0 saturated carbocycles. The monoisotopic (exact) mass is 125 g/mol. The van der Waals surface area contributed by atoms with E-state index in [4.69, 9.17) is 0 Å². The van der Waals surface area contributed by atoms with E-state index in [2.05, 4.69) is 19.1 Å². The van der Waals surface area contributed by atoms with Crippen molar-refractivity contribution in [1.82, 2.24) is 0 Å². The largest absolute Gasteiger partial charge is 0.299 e. The summed E-state index contributed by atoms with van der Waals surface area (Å²) in [6.07, 6.45) is 9.64. The number of rotatable bonds is 4. The van der Waals surface area contributed by atoms with Gasteiger partial charge in [-0.15, -0.1) is 0 Å². The van der Waals surface area contributed by atoms with E-state index in [-0.39, 0.29) is 0 Å². The number of hydrogen-bond donors (Lipinski definition) is 0. The zero-order valence-corrected chi connectivity index (χ0v) is 5.84. The molecule has 0 amide bonds. The van der Waals surface area contributed by atoms with Crippen LogP contribution in [-0.4, -0.2) is 0 Å². The van der Waals surface area contributed by atoms with Gasteiger partial charge in [0, 0.05) is 0 Å². The topological polar surface area (TPSA) is 19.9 Å². The maximum atomic E-state index is 9.76. The predicted molar refractivity (Wildman–Crippen MR) is 38.5 cm³/mol. The van der Waals surface area contributed by atoms with E-state index >= 15 is 0 Å². The SMILES string of the molecule is CC/C=C/CC/C=C/[O]. The Bertz CT molecular complexity index is 92.7. The van der Waals surface area contributed by atoms with Crippen molar-refractivity contribution in [2.75, 3.05) is 0 Å². The van der Waals surface area contributed by atoms with Crippen LogP contribution in [0, 0.1) is 0 Å². The molecular formula is C8H13O. The van der Waals surface area contributed by atoms with Crippen molar-refractivity contribution in [3.05, 3.63) is 24.5 Å². The first kappa shape index (κ1) is 8.28. The van der Waals surface area contributed by atoms with Crippen molar-refractivity contribution in [2.45, 2.75) is 26.2 Å². The van der Waals surface area contributed by atoms with Gasteiger partial charge < -0.3 is 0 Å². The van der Waals surface area contributed by atoms with E-state index in [1.807, 2.05) is 0 Å².